The molecule has 22 heavy (non-hydrogen) atoms. The van der Waals surface area contributed by atoms with Crippen molar-refractivity contribution in [2.24, 2.45) is 0 Å². The number of benzene rings is 2. The maximum Gasteiger partial charge on any atom is 0.258 e. The van der Waals surface area contributed by atoms with Crippen molar-refractivity contribution in [1.29, 1.82) is 0 Å². The van der Waals surface area contributed by atoms with E-state index < -0.39 is 0 Å². The molecule has 0 atom stereocenters. The Bertz CT molecular complexity index is 701. The van der Waals surface area contributed by atoms with E-state index in [9.17, 15) is 4.79 Å². The predicted molar refractivity (Wildman–Crippen MR) is 91.9 cm³/mol. The number of nitrogens with zero attached hydrogens (tertiary/aromatic N) is 1. The molecule has 0 aromatic heterocycles. The molecule has 0 unspecified atom stereocenters. The van der Waals surface area contributed by atoms with Gasteiger partial charge in [-0.1, -0.05) is 12.1 Å². The second-order valence-electron chi connectivity index (χ2n) is 6.07. The minimum absolute atomic E-state index is 0.0607. The highest BCUT2D eigenvalue weighted by molar-refractivity contribution is 6.07. The molecule has 0 saturated heterocycles. The summed E-state index contributed by atoms with van der Waals surface area (Å²) in [6.07, 6.45) is 2.04. The number of anilines is 2. The van der Waals surface area contributed by atoms with Crippen molar-refractivity contribution in [3.05, 3.63) is 58.7 Å². The fraction of sp³-hybridized carbons (Fsp3) is 0.316. The number of hydrogen-bond acceptors (Lipinski definition) is 2. The molecule has 3 heteroatoms. The first kappa shape index (κ1) is 14.6. The molecule has 1 heterocycles. The van der Waals surface area contributed by atoms with Crippen molar-refractivity contribution in [3.63, 3.8) is 0 Å². The molecule has 0 radical (unpaired) electrons. The number of carbonyl (C=O) groups is 1. The van der Waals surface area contributed by atoms with E-state index in [-0.39, 0.29) is 5.91 Å². The predicted octanol–water partition coefficient (Wildman–Crippen LogP) is 3.94. The van der Waals surface area contributed by atoms with E-state index in [0.29, 0.717) is 0 Å². The van der Waals surface area contributed by atoms with Crippen LogP contribution in [0.2, 0.25) is 0 Å². The van der Waals surface area contributed by atoms with Crippen molar-refractivity contribution in [3.8, 4) is 0 Å². The van der Waals surface area contributed by atoms with E-state index in [0.717, 1.165) is 41.9 Å². The third kappa shape index (κ3) is 2.71. The number of hydrogen-bond donors (Lipinski definition) is 1. The molecule has 1 N–H and O–H groups in total. The van der Waals surface area contributed by atoms with Crippen molar-refractivity contribution >= 4 is 17.3 Å². The third-order valence-corrected chi connectivity index (χ3v) is 4.22. The fourth-order valence-electron chi connectivity index (χ4n) is 3.15. The summed E-state index contributed by atoms with van der Waals surface area (Å²) in [4.78, 5) is 14.7. The van der Waals surface area contributed by atoms with Gasteiger partial charge in [-0.2, -0.15) is 0 Å². The largest absolute Gasteiger partial charge is 0.385 e. The van der Waals surface area contributed by atoms with Gasteiger partial charge in [-0.15, -0.1) is 0 Å². The van der Waals surface area contributed by atoms with E-state index >= 15 is 0 Å². The van der Waals surface area contributed by atoms with Gasteiger partial charge in [0.15, 0.2) is 0 Å². The second kappa shape index (κ2) is 5.84. The number of nitrogens with one attached hydrogen (secondary N) is 1. The van der Waals surface area contributed by atoms with Crippen LogP contribution in [0.15, 0.2) is 36.4 Å². The lowest BCUT2D eigenvalue weighted by atomic mass is 9.96. The third-order valence-electron chi connectivity index (χ3n) is 4.22. The van der Waals surface area contributed by atoms with E-state index in [2.05, 4.69) is 43.4 Å². The van der Waals surface area contributed by atoms with Gasteiger partial charge in [0.05, 0.1) is 0 Å². The Kier molecular flexibility index (Phi) is 3.88. The van der Waals surface area contributed by atoms with Gasteiger partial charge in [0.1, 0.15) is 0 Å². The summed E-state index contributed by atoms with van der Waals surface area (Å²) in [6, 6.07) is 12.2. The molecule has 114 valence electrons. The SMILES string of the molecule is Cc1cc(C)cc(N(C)C(=O)c2cccc3c2CCCN3)c1. The molecule has 3 rings (SSSR count). The first-order valence-electron chi connectivity index (χ1n) is 7.78. The molecule has 0 bridgehead atoms. The Morgan fingerprint density at radius 3 is 2.59 bits per heavy atom. The van der Waals surface area contributed by atoms with Crippen LogP contribution in [0.25, 0.3) is 0 Å². The summed E-state index contributed by atoms with van der Waals surface area (Å²) in [5.74, 6) is 0.0607. The standard InChI is InChI=1S/C19H22N2O/c1-13-10-14(2)12-15(11-13)21(3)19(22)17-6-4-8-18-16(17)7-5-9-20-18/h4,6,8,10-12,20H,5,7,9H2,1-3H3. The van der Waals surface area contributed by atoms with E-state index in [1.165, 1.54) is 11.1 Å². The number of carbonyl (C=O) groups excluding carboxylic acids is 1. The van der Waals surface area contributed by atoms with Gasteiger partial charge in [0.25, 0.3) is 5.91 Å². The van der Waals surface area contributed by atoms with Crippen LogP contribution in [0.1, 0.15) is 33.5 Å². The smallest absolute Gasteiger partial charge is 0.258 e. The van der Waals surface area contributed by atoms with Crippen LogP contribution >= 0.6 is 0 Å². The summed E-state index contributed by atoms with van der Waals surface area (Å²) in [6.45, 7) is 5.10. The summed E-state index contributed by atoms with van der Waals surface area (Å²) < 4.78 is 0. The van der Waals surface area contributed by atoms with Crippen molar-refractivity contribution in [2.75, 3.05) is 23.8 Å². The van der Waals surface area contributed by atoms with Gasteiger partial charge >= 0.3 is 0 Å². The van der Waals surface area contributed by atoms with Gasteiger partial charge in [0.2, 0.25) is 0 Å². The Hall–Kier alpha value is -2.29. The van der Waals surface area contributed by atoms with Crippen LogP contribution in [0, 0.1) is 13.8 Å². The van der Waals surface area contributed by atoms with E-state index in [1.54, 1.807) is 4.90 Å². The highest BCUT2D eigenvalue weighted by atomic mass is 16.2. The van der Waals surface area contributed by atoms with E-state index in [1.807, 2.05) is 19.2 Å². The molecule has 1 amide bonds. The topological polar surface area (TPSA) is 32.3 Å². The first-order valence-corrected chi connectivity index (χ1v) is 7.78. The van der Waals surface area contributed by atoms with Gasteiger partial charge in [0, 0.05) is 30.5 Å². The molecule has 0 spiro atoms. The van der Waals surface area contributed by atoms with Crippen LogP contribution in [0.3, 0.4) is 0 Å². The number of fused-ring (bicyclic) bond motifs is 1. The van der Waals surface area contributed by atoms with Gasteiger partial charge in [-0.05, 0) is 67.6 Å². The van der Waals surface area contributed by atoms with Crippen molar-refractivity contribution in [1.82, 2.24) is 0 Å². The summed E-state index contributed by atoms with van der Waals surface area (Å²) in [7, 11) is 1.85. The maximum absolute atomic E-state index is 12.9. The normalized spacial score (nSPS) is 13.2. The molecule has 1 aliphatic rings. The molecule has 0 fully saturated rings. The Morgan fingerprint density at radius 1 is 1.14 bits per heavy atom. The van der Waals surface area contributed by atoms with Crippen LogP contribution in [-0.2, 0) is 6.42 Å². The van der Waals surface area contributed by atoms with Crippen LogP contribution in [0.4, 0.5) is 11.4 Å². The lowest BCUT2D eigenvalue weighted by Crippen LogP contribution is -2.28. The van der Waals surface area contributed by atoms with Crippen LogP contribution in [0.5, 0.6) is 0 Å². The summed E-state index contributed by atoms with van der Waals surface area (Å²) >= 11 is 0. The average Bonchev–Trinajstić information content (AvgIpc) is 2.52. The molecule has 0 saturated carbocycles. The van der Waals surface area contributed by atoms with Crippen molar-refractivity contribution < 1.29 is 4.79 Å². The quantitative estimate of drug-likeness (QED) is 0.910. The molecule has 1 aliphatic heterocycles. The minimum Gasteiger partial charge on any atom is -0.385 e. The van der Waals surface area contributed by atoms with Gasteiger partial charge in [-0.3, -0.25) is 4.79 Å². The monoisotopic (exact) mass is 294 g/mol. The zero-order valence-electron chi connectivity index (χ0n) is 13.4. The zero-order chi connectivity index (χ0) is 15.7. The van der Waals surface area contributed by atoms with Crippen molar-refractivity contribution in [2.45, 2.75) is 26.7 Å². The molecule has 2 aromatic carbocycles. The lowest BCUT2D eigenvalue weighted by molar-refractivity contribution is 0.0992. The summed E-state index contributed by atoms with van der Waals surface area (Å²) in [5, 5.41) is 3.38. The van der Waals surface area contributed by atoms with Crippen LogP contribution in [-0.4, -0.2) is 19.5 Å². The van der Waals surface area contributed by atoms with E-state index in [4.69, 9.17) is 0 Å². The molecular formula is C19H22N2O. The zero-order valence-corrected chi connectivity index (χ0v) is 13.4. The number of amides is 1. The molecule has 2 aromatic rings. The second-order valence-corrected chi connectivity index (χ2v) is 6.07. The first-order chi connectivity index (χ1) is 10.6. The lowest BCUT2D eigenvalue weighted by Gasteiger charge is -2.24. The number of aryl methyl sites for hydroxylation is 2. The Labute approximate surface area is 132 Å². The van der Waals surface area contributed by atoms with Gasteiger partial charge < -0.3 is 10.2 Å². The summed E-state index contributed by atoms with van der Waals surface area (Å²) in [5.41, 5.74) is 6.36. The fourth-order valence-corrected chi connectivity index (χ4v) is 3.15. The van der Waals surface area contributed by atoms with Crippen LogP contribution < -0.4 is 10.2 Å². The molecule has 0 aliphatic carbocycles. The highest BCUT2D eigenvalue weighted by Crippen LogP contribution is 2.27. The molecular weight excluding hydrogens is 272 g/mol. The highest BCUT2D eigenvalue weighted by Gasteiger charge is 2.21. The van der Waals surface area contributed by atoms with Gasteiger partial charge in [-0.25, -0.2) is 0 Å². The maximum atomic E-state index is 12.9. The minimum atomic E-state index is 0.0607. The number of rotatable bonds is 2. The Morgan fingerprint density at radius 2 is 1.86 bits per heavy atom. The average molecular weight is 294 g/mol. The molecule has 3 nitrogen and oxygen atoms in total. The Balaban J connectivity index is 1.97.